The minimum Gasteiger partial charge on any atom is -0.0540 e. The Morgan fingerprint density at radius 2 is 0.464 bits per heavy atom. The Bertz CT molecular complexity index is 1520. The molecule has 0 aromatic heterocycles. The van der Waals surface area contributed by atoms with E-state index >= 15 is 0 Å². The fraction of sp³-hybridized carbons (Fsp3) is 0. The molecule has 28 heavy (non-hydrogen) atoms. The summed E-state index contributed by atoms with van der Waals surface area (Å²) in [6.45, 7) is 5.32. The van der Waals surface area contributed by atoms with E-state index in [1.807, 2.05) is 115 Å². The minimum absolute atomic E-state index is 1.29. The van der Waals surface area contributed by atoms with Crippen LogP contribution < -0.4 is 0 Å². The standard InChI is InChI=1S/BHPS26/c1-3-5-7-9-11-13-15-17-19-21-23-25-27-28-26-24-22-20-18-16-14-12-10-8-6-4-2/h2H. The van der Waals surface area contributed by atoms with Gasteiger partial charge in [-0.1, -0.05) is 9.50 Å². The van der Waals surface area contributed by atoms with Crippen LogP contribution in [0.5, 0.6) is 0 Å². The average Bonchev–Trinajstić information content (AvgIpc) is 2.71. The monoisotopic (exact) mass is 874 g/mol. The molecule has 0 N–H and O–H groups in total. The van der Waals surface area contributed by atoms with Crippen molar-refractivity contribution in [3.05, 3.63) is 0 Å². The molecule has 0 fully saturated rings. The summed E-state index contributed by atoms with van der Waals surface area (Å²) < 4.78 is 0. The van der Waals surface area contributed by atoms with E-state index in [1.54, 1.807) is 107 Å². The van der Waals surface area contributed by atoms with Crippen molar-refractivity contribution in [2.24, 2.45) is 0 Å². The molecule has 0 atom stereocenters. The summed E-state index contributed by atoms with van der Waals surface area (Å²) in [6.07, 6.45) is 0. The zero-order valence-electron chi connectivity index (χ0n) is 11.7. The van der Waals surface area contributed by atoms with Gasteiger partial charge in [-0.25, -0.2) is 0 Å². The topological polar surface area (TPSA) is 0 Å². The summed E-state index contributed by atoms with van der Waals surface area (Å²) >= 11 is 0. The summed E-state index contributed by atoms with van der Waals surface area (Å²) in [5, 5.41) is 0. The van der Waals surface area contributed by atoms with Gasteiger partial charge in [0.2, 0.25) is 0 Å². The molecule has 0 heterocycles. The number of hydrogen-bond donors (Lipinski definition) is 0. The molecule has 0 aliphatic rings. The third-order valence-corrected chi connectivity index (χ3v) is 55.6. The van der Waals surface area contributed by atoms with E-state index in [-0.39, 0.29) is 0 Å². The molecule has 0 saturated carbocycles. The van der Waals surface area contributed by atoms with Gasteiger partial charge in [0.25, 0.3) is 0 Å². The van der Waals surface area contributed by atoms with Crippen LogP contribution in [-0.4, -0.2) is 6.72 Å². The molecule has 0 spiro atoms. The van der Waals surface area contributed by atoms with Crippen molar-refractivity contribution in [3.8, 4) is 0 Å². The van der Waals surface area contributed by atoms with Crippen molar-refractivity contribution >= 4 is 247 Å². The van der Waals surface area contributed by atoms with Crippen molar-refractivity contribution in [1.82, 2.24) is 0 Å². The van der Waals surface area contributed by atoms with Crippen molar-refractivity contribution in [1.29, 1.82) is 0 Å². The van der Waals surface area contributed by atoms with Crippen molar-refractivity contribution < 1.29 is 0 Å². The van der Waals surface area contributed by atoms with Crippen LogP contribution in [-0.2, 0) is 232 Å². The normalized spacial score (nSPS) is 7.54. The van der Waals surface area contributed by atoms with Crippen molar-refractivity contribution in [2.75, 3.05) is 0 Å². The molecule has 0 amide bonds. The second-order valence-electron chi connectivity index (χ2n) is 1.81. The Hall–Kier alpha value is 6.08. The van der Waals surface area contributed by atoms with Crippen molar-refractivity contribution in [2.45, 2.75) is 0 Å². The van der Waals surface area contributed by atoms with Crippen LogP contribution in [0.25, 0.3) is 0 Å². The molecule has 0 rings (SSSR count). The number of hydrogen-bond acceptors (Lipinski definition) is 0. The molecular weight excluding hydrogens is 876 g/mol. The molecule has 0 aromatic rings. The van der Waals surface area contributed by atoms with E-state index in [0.29, 0.717) is 0 Å². The summed E-state index contributed by atoms with van der Waals surface area (Å²) in [4.78, 5) is 0. The van der Waals surface area contributed by atoms with Crippen LogP contribution in [0.15, 0.2) is 0 Å². The zero-order chi connectivity index (χ0) is 20.4. The maximum atomic E-state index is 5.32. The fourth-order valence-electron chi connectivity index (χ4n) is 0.279. The predicted octanol–water partition coefficient (Wildman–Crippen LogP) is 0.150. The predicted molar refractivity (Wildman–Crippen MR) is 206 cm³/mol. The smallest absolute Gasteiger partial charge is 0.0540 e. The van der Waals surface area contributed by atoms with Crippen LogP contribution in [0.4, 0.5) is 0 Å². The van der Waals surface area contributed by atoms with Crippen LogP contribution in [0, 0.1) is 0 Å². The molecule has 0 aliphatic carbocycles. The second-order valence-corrected chi connectivity index (χ2v) is 47.2. The molecule has 0 aliphatic heterocycles. The van der Waals surface area contributed by atoms with E-state index < -0.39 is 0 Å². The van der Waals surface area contributed by atoms with Gasteiger partial charge >= 0.3 is 114 Å². The van der Waals surface area contributed by atoms with Gasteiger partial charge in [-0.2, -0.15) is 0 Å². The summed E-state index contributed by atoms with van der Waals surface area (Å²) in [5.74, 6) is 0. The first-order valence-electron chi connectivity index (χ1n) is 4.61. The molecule has 0 saturated heterocycles. The van der Waals surface area contributed by atoms with E-state index in [0.717, 1.165) is 0 Å². The zero-order valence-corrected chi connectivity index (χ0v) is 33.9. The van der Waals surface area contributed by atoms with Gasteiger partial charge in [0.05, 0.1) is 0 Å². The summed E-state index contributed by atoms with van der Waals surface area (Å²) in [7, 11) is 49.1. The summed E-state index contributed by atoms with van der Waals surface area (Å²) in [6, 6.07) is 0. The second kappa shape index (κ2) is 33.1. The van der Waals surface area contributed by atoms with Crippen LogP contribution in [0.2, 0.25) is 0 Å². The Balaban J connectivity index is 5.92. The fourth-order valence-corrected chi connectivity index (χ4v) is 65.3. The van der Waals surface area contributed by atoms with Crippen LogP contribution >= 0.6 is 8.02 Å². The maximum absolute atomic E-state index is 5.32. The average molecular weight is 877 g/mol. The third kappa shape index (κ3) is 32.1. The van der Waals surface area contributed by atoms with Gasteiger partial charge < -0.3 is 0 Å². The first-order chi connectivity index (χ1) is 13.9. The SMILES string of the molecule is [B]=S=S=S=S=S=S=S=S=S=S=S=S=S=S=S=S=S=S=S=S=S=S=S=S=S=S=P. The molecule has 0 bridgehead atoms. The Morgan fingerprint density at radius 3 is 0.643 bits per heavy atom. The Kier molecular flexibility index (Phi) is 40.3. The summed E-state index contributed by atoms with van der Waals surface area (Å²) in [5.41, 5.74) is 0. The van der Waals surface area contributed by atoms with Gasteiger partial charge in [-0.3, -0.25) is 0 Å². The van der Waals surface area contributed by atoms with E-state index in [1.165, 1.54) is 9.75 Å². The molecule has 28 heteroatoms. The molecule has 0 unspecified atom stereocenters. The van der Waals surface area contributed by atoms with E-state index in [9.17, 15) is 0 Å². The van der Waals surface area contributed by atoms with Gasteiger partial charge in [0.15, 0.2) is 0 Å². The van der Waals surface area contributed by atoms with Gasteiger partial charge in [-0.05, 0) is 79.1 Å². The van der Waals surface area contributed by atoms with E-state index in [4.69, 9.17) is 6.72 Å². The molecule has 0 aromatic carbocycles. The molecule has 1 radical (unpaired) electrons. The van der Waals surface area contributed by atoms with Gasteiger partial charge in [0, 0.05) is 44.4 Å². The molecule has 165 valence electrons. The first-order valence-corrected chi connectivity index (χ1v) is 40.0. The Labute approximate surface area is 240 Å². The quantitative estimate of drug-likeness (QED) is 0.241. The van der Waals surface area contributed by atoms with Gasteiger partial charge in [0.1, 0.15) is 0 Å². The first kappa shape index (κ1) is 34.1. The molecule has 0 nitrogen and oxygen atoms in total. The van der Waals surface area contributed by atoms with Crippen molar-refractivity contribution in [3.63, 3.8) is 0 Å². The minimum atomic E-state index is 1.29. The van der Waals surface area contributed by atoms with Gasteiger partial charge in [-0.15, -0.1) is 0 Å². The third-order valence-electron chi connectivity index (χ3n) is 0.712. The molecular formula is HBPS26. The number of rotatable bonds is 0. The van der Waals surface area contributed by atoms with Crippen LogP contribution in [0.1, 0.15) is 0 Å². The Morgan fingerprint density at radius 1 is 0.286 bits per heavy atom. The van der Waals surface area contributed by atoms with Crippen LogP contribution in [0.3, 0.4) is 0 Å². The van der Waals surface area contributed by atoms with E-state index in [2.05, 4.69) is 8.02 Å².